The Balaban J connectivity index is 1.50. The minimum absolute atomic E-state index is 0.678. The monoisotopic (exact) mass is 376 g/mol. The number of hydrogen-bond donors (Lipinski definition) is 1. The summed E-state index contributed by atoms with van der Waals surface area (Å²) in [5, 5.41) is 4.27. The summed E-state index contributed by atoms with van der Waals surface area (Å²) in [7, 11) is 3.94. The first-order chi connectivity index (χ1) is 13.2. The van der Waals surface area contributed by atoms with Crippen molar-refractivity contribution in [1.82, 2.24) is 29.5 Å². The number of benzene rings is 1. The van der Waals surface area contributed by atoms with Crippen LogP contribution >= 0.6 is 11.8 Å². The Hall–Kier alpha value is -3.20. The number of nitrogens with one attached hydrogen (secondary N) is 1. The molecule has 0 atom stereocenters. The van der Waals surface area contributed by atoms with Crippen molar-refractivity contribution >= 4 is 40.2 Å². The van der Waals surface area contributed by atoms with Crippen LogP contribution in [0.1, 0.15) is 5.56 Å². The van der Waals surface area contributed by atoms with Crippen LogP contribution in [0.25, 0.3) is 11.2 Å². The van der Waals surface area contributed by atoms with Crippen LogP contribution in [0.3, 0.4) is 0 Å². The van der Waals surface area contributed by atoms with E-state index in [1.54, 1.807) is 30.5 Å². The first-order valence-electron chi connectivity index (χ1n) is 8.41. The molecule has 1 aliphatic rings. The van der Waals surface area contributed by atoms with Crippen molar-refractivity contribution in [1.29, 1.82) is 0 Å². The lowest BCUT2D eigenvalue weighted by Crippen LogP contribution is -2.13. The fourth-order valence-corrected chi connectivity index (χ4v) is 4.00. The summed E-state index contributed by atoms with van der Waals surface area (Å²) in [5.41, 5.74) is 3.82. The smallest absolute Gasteiger partial charge is 0.182 e. The zero-order chi connectivity index (χ0) is 18.4. The second kappa shape index (κ2) is 6.20. The Labute approximate surface area is 159 Å². The van der Waals surface area contributed by atoms with E-state index in [1.165, 1.54) is 0 Å². The van der Waals surface area contributed by atoms with E-state index in [0.717, 1.165) is 38.3 Å². The lowest BCUT2D eigenvalue weighted by Gasteiger charge is -2.19. The molecule has 0 aliphatic carbocycles. The van der Waals surface area contributed by atoms with Gasteiger partial charge in [-0.2, -0.15) is 0 Å². The van der Waals surface area contributed by atoms with E-state index < -0.39 is 0 Å². The second-order valence-electron chi connectivity index (χ2n) is 6.40. The Morgan fingerprint density at radius 3 is 2.85 bits per heavy atom. The van der Waals surface area contributed by atoms with Gasteiger partial charge in [-0.1, -0.05) is 17.8 Å². The van der Waals surface area contributed by atoms with Gasteiger partial charge in [-0.15, -0.1) is 0 Å². The fraction of sp³-hybridized carbons (Fsp3) is 0.167. The van der Waals surface area contributed by atoms with Crippen LogP contribution in [0.5, 0.6) is 0 Å². The van der Waals surface area contributed by atoms with Gasteiger partial charge < -0.3 is 14.8 Å². The van der Waals surface area contributed by atoms with Crippen LogP contribution in [0.4, 0.5) is 17.3 Å². The van der Waals surface area contributed by atoms with E-state index >= 15 is 0 Å². The lowest BCUT2D eigenvalue weighted by atomic mass is 10.2. The molecule has 9 heteroatoms. The molecule has 0 saturated heterocycles. The van der Waals surface area contributed by atoms with Gasteiger partial charge in [-0.05, 0) is 17.7 Å². The summed E-state index contributed by atoms with van der Waals surface area (Å²) < 4.78 is 2.08. The Kier molecular flexibility index (Phi) is 3.68. The van der Waals surface area contributed by atoms with Gasteiger partial charge >= 0.3 is 0 Å². The van der Waals surface area contributed by atoms with Crippen molar-refractivity contribution in [2.75, 3.05) is 24.3 Å². The van der Waals surface area contributed by atoms with Gasteiger partial charge in [0, 0.05) is 37.9 Å². The predicted molar refractivity (Wildman–Crippen MR) is 105 cm³/mol. The van der Waals surface area contributed by atoms with Gasteiger partial charge in [0.05, 0.1) is 12.0 Å². The minimum Gasteiger partial charge on any atom is -0.361 e. The SMILES string of the molecule is CN(C)c1ncnc2ncn(Cc3ccc4c(c3)Nc3nccnc3S4)c12. The molecule has 8 nitrogen and oxygen atoms in total. The summed E-state index contributed by atoms with van der Waals surface area (Å²) in [6.45, 7) is 0.678. The fourth-order valence-electron chi connectivity index (χ4n) is 3.12. The molecule has 0 saturated carbocycles. The molecule has 1 aliphatic heterocycles. The summed E-state index contributed by atoms with van der Waals surface area (Å²) in [4.78, 5) is 24.9. The average molecular weight is 376 g/mol. The molecule has 0 amide bonds. The molecule has 1 N–H and O–H groups in total. The van der Waals surface area contributed by atoms with Gasteiger partial charge in [0.2, 0.25) is 0 Å². The van der Waals surface area contributed by atoms with E-state index in [-0.39, 0.29) is 0 Å². The van der Waals surface area contributed by atoms with Crippen molar-refractivity contribution in [3.05, 3.63) is 48.8 Å². The summed E-state index contributed by atoms with van der Waals surface area (Å²) in [5.74, 6) is 1.65. The van der Waals surface area contributed by atoms with E-state index in [1.807, 2.05) is 25.3 Å². The number of nitrogens with zero attached hydrogens (tertiary/aromatic N) is 7. The second-order valence-corrected chi connectivity index (χ2v) is 7.43. The molecule has 0 radical (unpaired) electrons. The first kappa shape index (κ1) is 16.0. The van der Waals surface area contributed by atoms with Gasteiger partial charge in [-0.3, -0.25) is 0 Å². The summed E-state index contributed by atoms with van der Waals surface area (Å²) in [6, 6.07) is 6.38. The van der Waals surface area contributed by atoms with Gasteiger partial charge in [0.25, 0.3) is 0 Å². The Morgan fingerprint density at radius 1 is 1.07 bits per heavy atom. The summed E-state index contributed by atoms with van der Waals surface area (Å²) in [6.07, 6.45) is 6.77. The Morgan fingerprint density at radius 2 is 1.96 bits per heavy atom. The average Bonchev–Trinajstić information content (AvgIpc) is 3.09. The Bertz CT molecular complexity index is 1150. The molecular weight excluding hydrogens is 360 g/mol. The highest BCUT2D eigenvalue weighted by atomic mass is 32.2. The molecule has 4 aromatic rings. The van der Waals surface area contributed by atoms with Crippen molar-refractivity contribution in [2.24, 2.45) is 0 Å². The number of hydrogen-bond acceptors (Lipinski definition) is 8. The van der Waals surface area contributed by atoms with Gasteiger partial charge in [0.15, 0.2) is 17.3 Å². The molecule has 0 bridgehead atoms. The largest absolute Gasteiger partial charge is 0.361 e. The third-order valence-electron chi connectivity index (χ3n) is 4.34. The predicted octanol–water partition coefficient (Wildman–Crippen LogP) is 2.94. The van der Waals surface area contributed by atoms with Crippen LogP contribution in [0.15, 0.2) is 53.2 Å². The quantitative estimate of drug-likeness (QED) is 0.514. The third-order valence-corrected chi connectivity index (χ3v) is 5.40. The van der Waals surface area contributed by atoms with E-state index in [9.17, 15) is 0 Å². The van der Waals surface area contributed by atoms with E-state index in [4.69, 9.17) is 0 Å². The molecule has 5 rings (SSSR count). The number of imidazole rings is 1. The normalized spacial score (nSPS) is 12.4. The maximum Gasteiger partial charge on any atom is 0.182 e. The maximum atomic E-state index is 4.42. The van der Waals surface area contributed by atoms with Crippen molar-refractivity contribution in [3.8, 4) is 0 Å². The maximum absolute atomic E-state index is 4.42. The van der Waals surface area contributed by atoms with Crippen LogP contribution < -0.4 is 10.2 Å². The standard InChI is InChI=1S/C18H16N8S/c1-25(2)17-14-15(21-9-22-17)23-10-26(14)8-11-3-4-13-12(7-11)24-16-18(27-13)20-6-5-19-16/h3-7,9-10H,8H2,1-2H3,(H,19,24). The highest BCUT2D eigenvalue weighted by Gasteiger charge is 2.18. The van der Waals surface area contributed by atoms with E-state index in [2.05, 4.69) is 53.0 Å². The number of aromatic nitrogens is 6. The van der Waals surface area contributed by atoms with Gasteiger partial charge in [0.1, 0.15) is 16.9 Å². The van der Waals surface area contributed by atoms with Crippen molar-refractivity contribution in [3.63, 3.8) is 0 Å². The minimum atomic E-state index is 0.678. The molecule has 1 aromatic carbocycles. The zero-order valence-electron chi connectivity index (χ0n) is 14.8. The van der Waals surface area contributed by atoms with Crippen LogP contribution in [-0.4, -0.2) is 43.6 Å². The van der Waals surface area contributed by atoms with Gasteiger partial charge in [-0.25, -0.2) is 24.9 Å². The molecule has 4 heterocycles. The molecule has 0 spiro atoms. The van der Waals surface area contributed by atoms with Crippen LogP contribution in [-0.2, 0) is 6.54 Å². The molecule has 0 fully saturated rings. The number of rotatable bonds is 3. The highest BCUT2D eigenvalue weighted by molar-refractivity contribution is 7.99. The lowest BCUT2D eigenvalue weighted by molar-refractivity contribution is 0.819. The number of anilines is 3. The highest BCUT2D eigenvalue weighted by Crippen LogP contribution is 2.42. The topological polar surface area (TPSA) is 84.7 Å². The molecular formula is C18H16N8S. The summed E-state index contributed by atoms with van der Waals surface area (Å²) >= 11 is 1.63. The van der Waals surface area contributed by atoms with Crippen molar-refractivity contribution in [2.45, 2.75) is 16.5 Å². The van der Waals surface area contributed by atoms with Crippen LogP contribution in [0, 0.1) is 0 Å². The molecule has 0 unspecified atom stereocenters. The van der Waals surface area contributed by atoms with Crippen molar-refractivity contribution < 1.29 is 0 Å². The molecule has 134 valence electrons. The third kappa shape index (κ3) is 2.76. The zero-order valence-corrected chi connectivity index (χ0v) is 15.6. The molecule has 27 heavy (non-hydrogen) atoms. The number of fused-ring (bicyclic) bond motifs is 3. The van der Waals surface area contributed by atoms with Crippen LogP contribution in [0.2, 0.25) is 0 Å². The first-order valence-corrected chi connectivity index (χ1v) is 9.22. The molecule has 3 aromatic heterocycles. The van der Waals surface area contributed by atoms with E-state index in [0.29, 0.717) is 12.2 Å².